The molecule has 0 bridgehead atoms. The molecule has 11 heavy (non-hydrogen) atoms. The molecular weight excluding hydrogens is 140 g/mol. The van der Waals surface area contributed by atoms with E-state index in [0.29, 0.717) is 6.61 Å². The molecule has 0 radical (unpaired) electrons. The molecule has 0 spiro atoms. The van der Waals surface area contributed by atoms with Crippen LogP contribution < -0.4 is 0 Å². The predicted molar refractivity (Wildman–Crippen MR) is 43.4 cm³/mol. The van der Waals surface area contributed by atoms with E-state index in [4.69, 9.17) is 4.74 Å². The monoisotopic (exact) mass is 156 g/mol. The second kappa shape index (κ2) is 2.94. The van der Waals surface area contributed by atoms with Gasteiger partial charge >= 0.3 is 0 Å². The number of rotatable bonds is 4. The van der Waals surface area contributed by atoms with E-state index in [9.17, 15) is 4.79 Å². The molecule has 1 saturated carbocycles. The summed E-state index contributed by atoms with van der Waals surface area (Å²) in [5, 5.41) is 0. The zero-order valence-corrected chi connectivity index (χ0v) is 7.52. The van der Waals surface area contributed by atoms with E-state index in [2.05, 4.69) is 0 Å². The topological polar surface area (TPSA) is 26.3 Å². The first-order valence-electron chi connectivity index (χ1n) is 4.19. The van der Waals surface area contributed by atoms with Crippen molar-refractivity contribution in [1.29, 1.82) is 0 Å². The third kappa shape index (κ3) is 2.03. The van der Waals surface area contributed by atoms with E-state index < -0.39 is 0 Å². The van der Waals surface area contributed by atoms with Crippen molar-refractivity contribution in [3.05, 3.63) is 0 Å². The molecule has 1 aliphatic carbocycles. The third-order valence-electron chi connectivity index (χ3n) is 2.29. The number of ketones is 1. The van der Waals surface area contributed by atoms with E-state index in [1.807, 2.05) is 13.8 Å². The van der Waals surface area contributed by atoms with Crippen molar-refractivity contribution in [1.82, 2.24) is 0 Å². The zero-order valence-electron chi connectivity index (χ0n) is 7.52. The van der Waals surface area contributed by atoms with Crippen LogP contribution in [-0.2, 0) is 9.53 Å². The van der Waals surface area contributed by atoms with Crippen molar-refractivity contribution in [3.8, 4) is 0 Å². The van der Waals surface area contributed by atoms with E-state index in [1.54, 1.807) is 6.92 Å². The summed E-state index contributed by atoms with van der Waals surface area (Å²) in [6.07, 6.45) is 2.29. The molecule has 64 valence electrons. The average molecular weight is 156 g/mol. The van der Waals surface area contributed by atoms with Crippen molar-refractivity contribution in [2.75, 3.05) is 6.61 Å². The molecule has 0 atom stereocenters. The molecule has 2 nitrogen and oxygen atoms in total. The van der Waals surface area contributed by atoms with Crippen LogP contribution in [0.4, 0.5) is 0 Å². The molecular formula is C9H16O2. The average Bonchev–Trinajstić information content (AvgIpc) is 2.63. The van der Waals surface area contributed by atoms with Gasteiger partial charge < -0.3 is 4.74 Å². The van der Waals surface area contributed by atoms with Crippen LogP contribution in [-0.4, -0.2) is 18.5 Å². The Balaban J connectivity index is 2.31. The fourth-order valence-corrected chi connectivity index (χ4v) is 1.08. The summed E-state index contributed by atoms with van der Waals surface area (Å²) in [6.45, 7) is 6.28. The Morgan fingerprint density at radius 3 is 2.36 bits per heavy atom. The van der Waals surface area contributed by atoms with E-state index in [0.717, 1.165) is 12.8 Å². The second-order valence-electron chi connectivity index (χ2n) is 3.70. The highest BCUT2D eigenvalue weighted by Crippen LogP contribution is 2.46. The number of hydrogen-bond donors (Lipinski definition) is 0. The number of carbonyl (C=O) groups excluding carboxylic acids is 1. The quantitative estimate of drug-likeness (QED) is 0.620. The molecule has 0 aromatic heterocycles. The van der Waals surface area contributed by atoms with E-state index >= 15 is 0 Å². The Labute approximate surface area is 67.9 Å². The fourth-order valence-electron chi connectivity index (χ4n) is 1.08. The molecule has 0 aromatic rings. The number of ether oxygens (including phenoxy) is 1. The predicted octanol–water partition coefficient (Wildman–Crippen LogP) is 1.78. The van der Waals surface area contributed by atoms with Gasteiger partial charge in [-0.25, -0.2) is 0 Å². The molecule has 0 N–H and O–H groups in total. The Kier molecular flexibility index (Phi) is 2.33. The summed E-state index contributed by atoms with van der Waals surface area (Å²) in [5.41, 5.74) is -0.0791. The maximum Gasteiger partial charge on any atom is 0.138 e. The maximum atomic E-state index is 11.1. The summed E-state index contributed by atoms with van der Waals surface area (Å²) < 4.78 is 5.41. The van der Waals surface area contributed by atoms with Gasteiger partial charge in [-0.15, -0.1) is 0 Å². The number of carbonyl (C=O) groups is 1. The van der Waals surface area contributed by atoms with Crippen molar-refractivity contribution in [3.63, 3.8) is 0 Å². The van der Waals surface area contributed by atoms with Crippen LogP contribution in [0.15, 0.2) is 0 Å². The molecule has 0 aromatic carbocycles. The highest BCUT2D eigenvalue weighted by atomic mass is 16.5. The minimum atomic E-state index is -0.0791. The highest BCUT2D eigenvalue weighted by molar-refractivity contribution is 5.85. The zero-order chi connectivity index (χ0) is 8.48. The van der Waals surface area contributed by atoms with Crippen LogP contribution in [0.2, 0.25) is 0 Å². The maximum absolute atomic E-state index is 11.1. The summed E-state index contributed by atoms with van der Waals surface area (Å²) in [5.74, 6) is 0.290. The van der Waals surface area contributed by atoms with Crippen molar-refractivity contribution >= 4 is 5.78 Å². The van der Waals surface area contributed by atoms with E-state index in [-0.39, 0.29) is 17.3 Å². The van der Waals surface area contributed by atoms with Gasteiger partial charge in [0.25, 0.3) is 0 Å². The van der Waals surface area contributed by atoms with Crippen LogP contribution in [0.25, 0.3) is 0 Å². The smallest absolute Gasteiger partial charge is 0.138 e. The largest absolute Gasteiger partial charge is 0.378 e. The molecule has 0 saturated heterocycles. The lowest BCUT2D eigenvalue weighted by atomic mass is 10.0. The van der Waals surface area contributed by atoms with Gasteiger partial charge in [-0.1, -0.05) is 0 Å². The Morgan fingerprint density at radius 1 is 1.55 bits per heavy atom. The lowest BCUT2D eigenvalue weighted by molar-refractivity contribution is -0.124. The van der Waals surface area contributed by atoms with Crippen LogP contribution >= 0.6 is 0 Å². The van der Waals surface area contributed by atoms with Gasteiger partial charge in [-0.3, -0.25) is 4.79 Å². The van der Waals surface area contributed by atoms with Crippen LogP contribution in [0.5, 0.6) is 0 Å². The first-order valence-corrected chi connectivity index (χ1v) is 4.19. The van der Waals surface area contributed by atoms with Crippen molar-refractivity contribution < 1.29 is 9.53 Å². The normalized spacial score (nSPS) is 20.4. The fraction of sp³-hybridized carbons (Fsp3) is 0.889. The summed E-state index contributed by atoms with van der Waals surface area (Å²) in [4.78, 5) is 11.1. The molecule has 1 aliphatic rings. The minimum absolute atomic E-state index is 0.0791. The van der Waals surface area contributed by atoms with Gasteiger partial charge in [0.15, 0.2) is 0 Å². The Hall–Kier alpha value is -0.370. The van der Waals surface area contributed by atoms with Crippen LogP contribution in [0.1, 0.15) is 33.6 Å². The summed E-state index contributed by atoms with van der Waals surface area (Å²) in [7, 11) is 0. The van der Waals surface area contributed by atoms with E-state index in [1.165, 1.54) is 0 Å². The van der Waals surface area contributed by atoms with Gasteiger partial charge in [-0.2, -0.15) is 0 Å². The van der Waals surface area contributed by atoms with Crippen molar-refractivity contribution in [2.24, 2.45) is 5.41 Å². The molecule has 1 fully saturated rings. The number of Topliss-reactive ketones (excluding diaryl/α,β-unsaturated/α-hetero) is 1. The SMILES string of the molecule is CC(=O)C1(COC(C)C)CC1. The van der Waals surface area contributed by atoms with Gasteiger partial charge in [0.2, 0.25) is 0 Å². The Bertz CT molecular complexity index is 157. The van der Waals surface area contributed by atoms with Crippen LogP contribution in [0, 0.1) is 5.41 Å². The molecule has 0 amide bonds. The first kappa shape index (κ1) is 8.72. The molecule has 0 unspecified atom stereocenters. The van der Waals surface area contributed by atoms with Gasteiger partial charge in [-0.05, 0) is 33.6 Å². The highest BCUT2D eigenvalue weighted by Gasteiger charge is 2.47. The second-order valence-corrected chi connectivity index (χ2v) is 3.70. The summed E-state index contributed by atoms with van der Waals surface area (Å²) in [6, 6.07) is 0. The van der Waals surface area contributed by atoms with Gasteiger partial charge in [0, 0.05) is 0 Å². The summed E-state index contributed by atoms with van der Waals surface area (Å²) >= 11 is 0. The first-order chi connectivity index (χ1) is 5.07. The molecule has 0 aliphatic heterocycles. The lowest BCUT2D eigenvalue weighted by Crippen LogP contribution is -2.21. The molecule has 0 heterocycles. The molecule has 2 heteroatoms. The molecule has 1 rings (SSSR count). The van der Waals surface area contributed by atoms with Gasteiger partial charge in [0.1, 0.15) is 5.78 Å². The third-order valence-corrected chi connectivity index (χ3v) is 2.29. The van der Waals surface area contributed by atoms with Gasteiger partial charge in [0.05, 0.1) is 18.1 Å². The Morgan fingerprint density at radius 2 is 2.09 bits per heavy atom. The minimum Gasteiger partial charge on any atom is -0.378 e. The standard InChI is InChI=1S/C9H16O2/c1-7(2)11-6-9(4-5-9)8(3)10/h7H,4-6H2,1-3H3. The van der Waals surface area contributed by atoms with Crippen LogP contribution in [0.3, 0.4) is 0 Å². The lowest BCUT2D eigenvalue weighted by Gasteiger charge is -2.13. The van der Waals surface area contributed by atoms with Crippen molar-refractivity contribution in [2.45, 2.75) is 39.7 Å². The number of hydrogen-bond acceptors (Lipinski definition) is 2.